The molecular weight excluding hydrogens is 937 g/mol. The first-order valence-corrected chi connectivity index (χ1v) is 32.2. The molecule has 1 atom stereocenters. The molecule has 0 rings (SSSR count). The Morgan fingerprint density at radius 3 is 0.855 bits per heavy atom. The van der Waals surface area contributed by atoms with E-state index in [0.29, 0.717) is 19.3 Å². The summed E-state index contributed by atoms with van der Waals surface area (Å²) < 4.78 is 16.9. The van der Waals surface area contributed by atoms with Crippen LogP contribution < -0.4 is 0 Å². The number of carbonyl (C=O) groups excluding carboxylic acids is 3. The van der Waals surface area contributed by atoms with Crippen LogP contribution in [0.4, 0.5) is 0 Å². The van der Waals surface area contributed by atoms with Gasteiger partial charge in [-0.25, -0.2) is 0 Å². The topological polar surface area (TPSA) is 78.9 Å². The van der Waals surface area contributed by atoms with Gasteiger partial charge < -0.3 is 14.2 Å². The summed E-state index contributed by atoms with van der Waals surface area (Å²) in [6.07, 6.45) is 85.7. The second-order valence-electron chi connectivity index (χ2n) is 21.3. The maximum Gasteiger partial charge on any atom is 0.306 e. The van der Waals surface area contributed by atoms with E-state index in [2.05, 4.69) is 118 Å². The number of carbonyl (C=O) groups is 3. The van der Waals surface area contributed by atoms with Crippen LogP contribution in [-0.4, -0.2) is 37.2 Å². The van der Waals surface area contributed by atoms with Gasteiger partial charge >= 0.3 is 17.9 Å². The third kappa shape index (κ3) is 61.2. The largest absolute Gasteiger partial charge is 0.462 e. The molecule has 0 aromatic carbocycles. The highest BCUT2D eigenvalue weighted by Gasteiger charge is 2.19. The van der Waals surface area contributed by atoms with Crippen molar-refractivity contribution in [1.82, 2.24) is 0 Å². The van der Waals surface area contributed by atoms with Crippen molar-refractivity contribution in [3.63, 3.8) is 0 Å². The van der Waals surface area contributed by atoms with Gasteiger partial charge in [0.1, 0.15) is 13.2 Å². The fourth-order valence-electron chi connectivity index (χ4n) is 9.02. The van der Waals surface area contributed by atoms with Gasteiger partial charge in [0.25, 0.3) is 0 Å². The summed E-state index contributed by atoms with van der Waals surface area (Å²) in [4.78, 5) is 38.2. The zero-order valence-electron chi connectivity index (χ0n) is 50.0. The van der Waals surface area contributed by atoms with E-state index in [1.54, 1.807) is 0 Å². The highest BCUT2D eigenvalue weighted by Crippen LogP contribution is 2.17. The molecule has 6 nitrogen and oxygen atoms in total. The summed E-state index contributed by atoms with van der Waals surface area (Å²) in [5.41, 5.74) is 0. The molecule has 0 saturated heterocycles. The molecule has 0 N–H and O–H groups in total. The van der Waals surface area contributed by atoms with Crippen molar-refractivity contribution < 1.29 is 28.6 Å². The van der Waals surface area contributed by atoms with Crippen molar-refractivity contribution in [3.05, 3.63) is 97.2 Å². The Labute approximate surface area is 470 Å². The summed E-state index contributed by atoms with van der Waals surface area (Å²) in [6, 6.07) is 0. The number of rotatable bonds is 58. The number of unbranched alkanes of at least 4 members (excludes halogenated alkanes) is 31. The van der Waals surface area contributed by atoms with Crippen molar-refractivity contribution >= 4 is 17.9 Å². The average molecular weight is 1060 g/mol. The molecule has 0 radical (unpaired) electrons. The average Bonchev–Trinajstić information content (AvgIpc) is 3.42. The lowest BCUT2D eigenvalue weighted by Crippen LogP contribution is -2.30. The fourth-order valence-corrected chi connectivity index (χ4v) is 9.02. The summed E-state index contributed by atoms with van der Waals surface area (Å²) in [6.45, 7) is 6.47. The minimum absolute atomic E-state index is 0.0790. The Balaban J connectivity index is 4.14. The Kier molecular flexibility index (Phi) is 60.8. The molecular formula is C70H120O6. The normalized spacial score (nSPS) is 12.7. The molecule has 6 heteroatoms. The predicted octanol–water partition coefficient (Wildman–Crippen LogP) is 22.0. The summed E-state index contributed by atoms with van der Waals surface area (Å²) in [7, 11) is 0. The molecule has 0 aliphatic heterocycles. The predicted molar refractivity (Wildman–Crippen MR) is 330 cm³/mol. The van der Waals surface area contributed by atoms with E-state index in [-0.39, 0.29) is 31.1 Å². The van der Waals surface area contributed by atoms with Crippen LogP contribution in [0.5, 0.6) is 0 Å². The molecule has 0 spiro atoms. The molecule has 0 bridgehead atoms. The molecule has 436 valence electrons. The van der Waals surface area contributed by atoms with Gasteiger partial charge in [0, 0.05) is 19.3 Å². The monoisotopic (exact) mass is 1060 g/mol. The molecule has 1 unspecified atom stereocenters. The number of hydrogen-bond acceptors (Lipinski definition) is 6. The quantitative estimate of drug-likeness (QED) is 0.0261. The molecule has 0 aromatic rings. The van der Waals surface area contributed by atoms with Gasteiger partial charge in [-0.2, -0.15) is 0 Å². The van der Waals surface area contributed by atoms with Crippen molar-refractivity contribution in [2.75, 3.05) is 13.2 Å². The van der Waals surface area contributed by atoms with Crippen LogP contribution in [0.25, 0.3) is 0 Å². The lowest BCUT2D eigenvalue weighted by Gasteiger charge is -2.18. The second kappa shape index (κ2) is 63.9. The third-order valence-electron chi connectivity index (χ3n) is 13.8. The first-order valence-electron chi connectivity index (χ1n) is 32.2. The number of esters is 3. The zero-order chi connectivity index (χ0) is 55.0. The molecule has 0 fully saturated rings. The Morgan fingerprint density at radius 1 is 0.276 bits per heavy atom. The van der Waals surface area contributed by atoms with Gasteiger partial charge in [0.2, 0.25) is 0 Å². The maximum atomic E-state index is 12.8. The maximum absolute atomic E-state index is 12.8. The SMILES string of the molecule is CC/C=C\C/C=C\C/C=C\C/C=C\C/C=C\C/C=C\CCCCCCCCCCCCCCCCC(=O)OCC(COC(=O)CCCCCCCCCCCCCC)OC(=O)CCCCCCC/C=C\C/C=C\CCC. The second-order valence-corrected chi connectivity index (χ2v) is 21.3. The number of hydrogen-bond donors (Lipinski definition) is 0. The van der Waals surface area contributed by atoms with Gasteiger partial charge in [0.15, 0.2) is 6.10 Å². The molecule has 0 aliphatic rings. The van der Waals surface area contributed by atoms with E-state index >= 15 is 0 Å². The highest BCUT2D eigenvalue weighted by atomic mass is 16.6. The summed E-state index contributed by atoms with van der Waals surface area (Å²) in [5.74, 6) is -0.885. The molecule has 76 heavy (non-hydrogen) atoms. The van der Waals surface area contributed by atoms with Gasteiger partial charge in [-0.1, -0.05) is 291 Å². The zero-order valence-corrected chi connectivity index (χ0v) is 50.0. The van der Waals surface area contributed by atoms with Gasteiger partial charge in [-0.3, -0.25) is 14.4 Å². The van der Waals surface area contributed by atoms with Crippen LogP contribution in [0.3, 0.4) is 0 Å². The van der Waals surface area contributed by atoms with Crippen molar-refractivity contribution in [2.24, 2.45) is 0 Å². The third-order valence-corrected chi connectivity index (χ3v) is 13.8. The Bertz CT molecular complexity index is 1490. The van der Waals surface area contributed by atoms with E-state index in [9.17, 15) is 14.4 Å². The van der Waals surface area contributed by atoms with E-state index < -0.39 is 6.10 Å². The number of allylic oxidation sites excluding steroid dienone is 16. The molecule has 0 aromatic heterocycles. The molecule has 0 aliphatic carbocycles. The van der Waals surface area contributed by atoms with Crippen LogP contribution in [0.15, 0.2) is 97.2 Å². The van der Waals surface area contributed by atoms with Crippen LogP contribution in [0.1, 0.15) is 310 Å². The van der Waals surface area contributed by atoms with Crippen molar-refractivity contribution in [3.8, 4) is 0 Å². The fraction of sp³-hybridized carbons (Fsp3) is 0.729. The van der Waals surface area contributed by atoms with Gasteiger partial charge in [0.05, 0.1) is 0 Å². The smallest absolute Gasteiger partial charge is 0.306 e. The summed E-state index contributed by atoms with van der Waals surface area (Å²) in [5, 5.41) is 0. The molecule has 0 heterocycles. The first kappa shape index (κ1) is 72.3. The van der Waals surface area contributed by atoms with Crippen LogP contribution in [-0.2, 0) is 28.6 Å². The lowest BCUT2D eigenvalue weighted by molar-refractivity contribution is -0.167. The minimum atomic E-state index is -0.782. The standard InChI is InChI=1S/C70H120O6/c1-4-7-10-13-16-19-22-25-26-27-28-29-30-31-32-33-34-35-36-37-38-39-40-41-42-43-44-46-48-51-54-57-60-63-69(72)75-66-67(65-74-68(71)62-59-56-53-50-47-24-21-18-15-12-9-6-3)76-70(73)64-61-58-55-52-49-45-23-20-17-14-11-8-5-2/h7,10-11,14,16,19-20,23,25-26,28-29,31-32,34-35,67H,4-6,8-9,12-13,15,17-18,21-22,24,27,30,33,36-66H2,1-3H3/b10-7-,14-11-,19-16-,23-20-,26-25-,29-28-,32-31-,35-34-. The first-order chi connectivity index (χ1) is 37.5. The van der Waals surface area contributed by atoms with E-state index in [4.69, 9.17) is 14.2 Å². The van der Waals surface area contributed by atoms with Crippen molar-refractivity contribution in [1.29, 1.82) is 0 Å². The van der Waals surface area contributed by atoms with E-state index in [1.807, 2.05) is 0 Å². The van der Waals surface area contributed by atoms with E-state index in [0.717, 1.165) is 128 Å². The Hall–Kier alpha value is -3.67. The lowest BCUT2D eigenvalue weighted by atomic mass is 10.0. The molecule has 0 amide bonds. The minimum Gasteiger partial charge on any atom is -0.462 e. The van der Waals surface area contributed by atoms with Gasteiger partial charge in [-0.15, -0.1) is 0 Å². The van der Waals surface area contributed by atoms with Crippen LogP contribution in [0, 0.1) is 0 Å². The van der Waals surface area contributed by atoms with Crippen LogP contribution >= 0.6 is 0 Å². The van der Waals surface area contributed by atoms with Crippen LogP contribution in [0.2, 0.25) is 0 Å². The van der Waals surface area contributed by atoms with Crippen molar-refractivity contribution in [2.45, 2.75) is 316 Å². The number of ether oxygens (including phenoxy) is 3. The van der Waals surface area contributed by atoms with Gasteiger partial charge in [-0.05, 0) is 96.3 Å². The highest BCUT2D eigenvalue weighted by molar-refractivity contribution is 5.71. The molecule has 0 saturated carbocycles. The van der Waals surface area contributed by atoms with E-state index in [1.165, 1.54) is 141 Å². The Morgan fingerprint density at radius 2 is 0.539 bits per heavy atom. The summed E-state index contributed by atoms with van der Waals surface area (Å²) >= 11 is 0.